The fourth-order valence-corrected chi connectivity index (χ4v) is 7.40. The van der Waals surface area contributed by atoms with Crippen molar-refractivity contribution in [1.29, 1.82) is 0 Å². The van der Waals surface area contributed by atoms with Crippen LogP contribution < -0.4 is 5.32 Å². The SMILES string of the molecule is C=CCn1c(SCC(=O)Nc2nc(-c3ccc(C)cc3)cs2)nnc1-c1cc2c(s1)CC[C@@H](C(C)(C)C)C2. The summed E-state index contributed by atoms with van der Waals surface area (Å²) in [6.45, 7) is 13.6. The number of aryl methyl sites for hydroxylation is 2. The van der Waals surface area contributed by atoms with E-state index in [-0.39, 0.29) is 11.7 Å². The summed E-state index contributed by atoms with van der Waals surface area (Å²) in [6, 6.07) is 10.5. The van der Waals surface area contributed by atoms with Crippen LogP contribution in [0.4, 0.5) is 5.13 Å². The van der Waals surface area contributed by atoms with Gasteiger partial charge in [-0.15, -0.1) is 39.4 Å². The molecule has 4 aromatic rings. The third-order valence-corrected chi connectivity index (χ3v) is 9.94. The van der Waals surface area contributed by atoms with E-state index in [4.69, 9.17) is 0 Å². The van der Waals surface area contributed by atoms with Gasteiger partial charge in [0.15, 0.2) is 16.1 Å². The van der Waals surface area contributed by atoms with E-state index in [1.54, 1.807) is 0 Å². The van der Waals surface area contributed by atoms with Crippen molar-refractivity contribution in [2.24, 2.45) is 11.3 Å². The second-order valence-corrected chi connectivity index (χ2v) is 13.7. The van der Waals surface area contributed by atoms with Gasteiger partial charge in [0.1, 0.15) is 0 Å². The number of aromatic nitrogens is 4. The Morgan fingerprint density at radius 3 is 2.79 bits per heavy atom. The summed E-state index contributed by atoms with van der Waals surface area (Å²) in [4.78, 5) is 19.9. The largest absolute Gasteiger partial charge is 0.301 e. The number of nitrogens with one attached hydrogen (secondary N) is 1. The molecule has 0 saturated carbocycles. The lowest BCUT2D eigenvalue weighted by molar-refractivity contribution is -0.113. The molecular formula is C29H33N5OS3. The maximum atomic E-state index is 12.7. The number of thioether (sulfide) groups is 1. The second kappa shape index (κ2) is 11.2. The Hall–Kier alpha value is -2.75. The van der Waals surface area contributed by atoms with Crippen LogP contribution in [0.15, 0.2) is 53.5 Å². The van der Waals surface area contributed by atoms with E-state index >= 15 is 0 Å². The minimum atomic E-state index is -0.116. The molecule has 198 valence electrons. The van der Waals surface area contributed by atoms with Gasteiger partial charge < -0.3 is 5.32 Å². The van der Waals surface area contributed by atoms with Crippen molar-refractivity contribution in [3.05, 3.63) is 64.4 Å². The number of hydrogen-bond donors (Lipinski definition) is 1. The van der Waals surface area contributed by atoms with Gasteiger partial charge >= 0.3 is 0 Å². The number of amides is 1. The molecule has 6 nitrogen and oxygen atoms in total. The van der Waals surface area contributed by atoms with Gasteiger partial charge in [0.25, 0.3) is 0 Å². The van der Waals surface area contributed by atoms with Crippen LogP contribution in [-0.4, -0.2) is 31.4 Å². The summed E-state index contributed by atoms with van der Waals surface area (Å²) in [5.74, 6) is 1.65. The third kappa shape index (κ3) is 5.95. The first-order valence-electron chi connectivity index (χ1n) is 12.8. The van der Waals surface area contributed by atoms with Crippen molar-refractivity contribution in [2.75, 3.05) is 11.1 Å². The molecule has 1 aliphatic rings. The fourth-order valence-electron chi connectivity index (χ4n) is 4.72. The highest BCUT2D eigenvalue weighted by atomic mass is 32.2. The number of rotatable bonds is 8. The molecule has 3 aromatic heterocycles. The minimum absolute atomic E-state index is 0.116. The molecule has 1 amide bonds. The van der Waals surface area contributed by atoms with Crippen molar-refractivity contribution in [3.63, 3.8) is 0 Å². The summed E-state index contributed by atoms with van der Waals surface area (Å²) in [6.07, 6.45) is 5.33. The number of nitrogens with zero attached hydrogens (tertiary/aromatic N) is 4. The van der Waals surface area contributed by atoms with E-state index in [2.05, 4.69) is 77.5 Å². The topological polar surface area (TPSA) is 72.7 Å². The number of fused-ring (bicyclic) bond motifs is 1. The first-order chi connectivity index (χ1) is 18.2. The Labute approximate surface area is 236 Å². The molecule has 0 saturated heterocycles. The summed E-state index contributed by atoms with van der Waals surface area (Å²) >= 11 is 4.64. The van der Waals surface area contributed by atoms with E-state index in [1.165, 1.54) is 45.5 Å². The van der Waals surface area contributed by atoms with Crippen LogP contribution in [-0.2, 0) is 24.2 Å². The molecule has 0 bridgehead atoms. The monoisotopic (exact) mass is 563 g/mol. The number of carbonyl (C=O) groups excluding carboxylic acids is 1. The zero-order chi connectivity index (χ0) is 26.9. The first kappa shape index (κ1) is 26.8. The minimum Gasteiger partial charge on any atom is -0.301 e. The standard InChI is InChI=1S/C29H33N5OS3/c1-6-13-34-26(24-15-20-14-21(29(3,4)5)11-12-23(20)38-24)32-33-28(34)37-17-25(35)31-27-30-22(16-36-27)19-9-7-18(2)8-10-19/h6-10,15-16,21H,1,11-14,17H2,2-5H3,(H,30,31,35)/t21-/m1/s1. The molecule has 1 aliphatic carbocycles. The summed E-state index contributed by atoms with van der Waals surface area (Å²) in [5, 5.41) is 15.2. The average Bonchev–Trinajstić information content (AvgIpc) is 3.61. The summed E-state index contributed by atoms with van der Waals surface area (Å²) < 4.78 is 2.06. The molecule has 0 unspecified atom stereocenters. The Morgan fingerprint density at radius 2 is 2.05 bits per heavy atom. The molecule has 1 atom stereocenters. The third-order valence-electron chi connectivity index (χ3n) is 6.99. The quantitative estimate of drug-likeness (QED) is 0.177. The van der Waals surface area contributed by atoms with Gasteiger partial charge in [-0.3, -0.25) is 9.36 Å². The van der Waals surface area contributed by atoms with Gasteiger partial charge in [-0.2, -0.15) is 0 Å². The van der Waals surface area contributed by atoms with E-state index in [1.807, 2.05) is 34.9 Å². The predicted octanol–water partition coefficient (Wildman–Crippen LogP) is 7.51. The molecule has 0 aliphatic heterocycles. The lowest BCUT2D eigenvalue weighted by Gasteiger charge is -2.33. The van der Waals surface area contributed by atoms with Crippen LogP contribution in [0.5, 0.6) is 0 Å². The molecule has 0 fully saturated rings. The number of carbonyl (C=O) groups is 1. The Kier molecular flexibility index (Phi) is 7.88. The van der Waals surface area contributed by atoms with Crippen LogP contribution >= 0.6 is 34.4 Å². The van der Waals surface area contributed by atoms with Crippen molar-refractivity contribution in [1.82, 2.24) is 19.7 Å². The zero-order valence-electron chi connectivity index (χ0n) is 22.3. The smallest absolute Gasteiger partial charge is 0.236 e. The molecule has 0 spiro atoms. The van der Waals surface area contributed by atoms with Crippen LogP contribution in [0.1, 0.15) is 43.2 Å². The van der Waals surface area contributed by atoms with Gasteiger partial charge in [-0.05, 0) is 49.1 Å². The molecule has 1 aromatic carbocycles. The number of allylic oxidation sites excluding steroid dienone is 1. The number of thiophene rings is 1. The summed E-state index contributed by atoms with van der Waals surface area (Å²) in [5.41, 5.74) is 4.87. The lowest BCUT2D eigenvalue weighted by atomic mass is 9.72. The van der Waals surface area contributed by atoms with E-state index in [9.17, 15) is 4.79 Å². The molecule has 0 radical (unpaired) electrons. The summed E-state index contributed by atoms with van der Waals surface area (Å²) in [7, 11) is 0. The van der Waals surface area contributed by atoms with Gasteiger partial charge in [-0.1, -0.05) is 68.4 Å². The number of anilines is 1. The second-order valence-electron chi connectivity index (χ2n) is 10.8. The number of thiazole rings is 1. The predicted molar refractivity (Wildman–Crippen MR) is 160 cm³/mol. The molecule has 5 rings (SSSR count). The van der Waals surface area contributed by atoms with Crippen LogP contribution in [0, 0.1) is 18.3 Å². The van der Waals surface area contributed by atoms with E-state index in [0.29, 0.717) is 28.2 Å². The van der Waals surface area contributed by atoms with Gasteiger partial charge in [-0.25, -0.2) is 4.98 Å². The Bertz CT molecular complexity index is 1440. The van der Waals surface area contributed by atoms with Crippen molar-refractivity contribution >= 4 is 45.5 Å². The Morgan fingerprint density at radius 1 is 1.26 bits per heavy atom. The molecule has 38 heavy (non-hydrogen) atoms. The highest BCUT2D eigenvalue weighted by Crippen LogP contribution is 2.42. The highest BCUT2D eigenvalue weighted by Gasteiger charge is 2.30. The van der Waals surface area contributed by atoms with E-state index in [0.717, 1.165) is 34.8 Å². The van der Waals surface area contributed by atoms with Crippen LogP contribution in [0.3, 0.4) is 0 Å². The van der Waals surface area contributed by atoms with Gasteiger partial charge in [0.05, 0.1) is 16.3 Å². The first-order valence-corrected chi connectivity index (χ1v) is 15.5. The van der Waals surface area contributed by atoms with Gasteiger partial charge in [0, 0.05) is 22.4 Å². The maximum absolute atomic E-state index is 12.7. The Balaban J connectivity index is 1.25. The van der Waals surface area contributed by atoms with Crippen molar-refractivity contribution < 1.29 is 4.79 Å². The highest BCUT2D eigenvalue weighted by molar-refractivity contribution is 7.99. The maximum Gasteiger partial charge on any atom is 0.236 e. The van der Waals surface area contributed by atoms with E-state index < -0.39 is 0 Å². The molecule has 1 N–H and O–H groups in total. The molecule has 9 heteroatoms. The number of hydrogen-bond acceptors (Lipinski definition) is 7. The zero-order valence-corrected chi connectivity index (χ0v) is 24.7. The number of benzene rings is 1. The lowest BCUT2D eigenvalue weighted by Crippen LogP contribution is -2.26. The molecule has 3 heterocycles. The van der Waals surface area contributed by atoms with Crippen molar-refractivity contribution in [2.45, 2.75) is 58.7 Å². The molecular weight excluding hydrogens is 531 g/mol. The van der Waals surface area contributed by atoms with Crippen molar-refractivity contribution in [3.8, 4) is 22.0 Å². The van der Waals surface area contributed by atoms with Gasteiger partial charge in [0.2, 0.25) is 5.91 Å². The average molecular weight is 564 g/mol. The normalized spacial score (nSPS) is 15.3. The van der Waals surface area contributed by atoms with Crippen LogP contribution in [0.25, 0.3) is 22.0 Å². The fraction of sp³-hybridized carbons (Fsp3) is 0.379. The van der Waals surface area contributed by atoms with Crippen LogP contribution in [0.2, 0.25) is 0 Å².